The zero-order valence-corrected chi connectivity index (χ0v) is 13.0. The van der Waals surface area contributed by atoms with Crippen LogP contribution in [0.1, 0.15) is 30.1 Å². The van der Waals surface area contributed by atoms with Crippen molar-refractivity contribution in [3.63, 3.8) is 0 Å². The zero-order valence-electron chi connectivity index (χ0n) is 9.89. The van der Waals surface area contributed by atoms with Crippen LogP contribution in [0.4, 0.5) is 0 Å². The van der Waals surface area contributed by atoms with E-state index in [4.69, 9.17) is 23.2 Å². The molecule has 1 saturated heterocycles. The van der Waals surface area contributed by atoms with Gasteiger partial charge in [-0.2, -0.15) is 0 Å². The number of piperidine rings is 1. The third-order valence-corrected chi connectivity index (χ3v) is 4.51. The third-order valence-electron chi connectivity index (χ3n) is 3.02. The van der Waals surface area contributed by atoms with Gasteiger partial charge in [0.1, 0.15) is 4.34 Å². The van der Waals surface area contributed by atoms with E-state index in [0.29, 0.717) is 14.2 Å². The van der Waals surface area contributed by atoms with Gasteiger partial charge in [0.05, 0.1) is 9.90 Å². The van der Waals surface area contributed by atoms with Crippen LogP contribution in [0, 0.1) is 0 Å². The normalized spacial score (nSPS) is 17.9. The van der Waals surface area contributed by atoms with E-state index in [9.17, 15) is 4.79 Å². The monoisotopic (exact) mass is 328 g/mol. The first-order chi connectivity index (χ1) is 8.00. The molecule has 2 heterocycles. The summed E-state index contributed by atoms with van der Waals surface area (Å²) in [5, 5.41) is 6.32. The lowest BCUT2D eigenvalue weighted by molar-refractivity contribution is 0.0888. The lowest BCUT2D eigenvalue weighted by Crippen LogP contribution is -2.52. The largest absolute Gasteiger partial charge is 0.347 e. The molecule has 0 spiro atoms. The van der Waals surface area contributed by atoms with Crippen molar-refractivity contribution in [3.05, 3.63) is 20.3 Å². The lowest BCUT2D eigenvalue weighted by Gasteiger charge is -2.34. The molecular weight excluding hydrogens is 315 g/mol. The smallest absolute Gasteiger partial charge is 0.254 e. The molecule has 0 bridgehead atoms. The molecule has 1 aromatic rings. The highest BCUT2D eigenvalue weighted by molar-refractivity contribution is 7.20. The van der Waals surface area contributed by atoms with Crippen LogP contribution in [0.15, 0.2) is 6.07 Å². The maximum atomic E-state index is 12.1. The summed E-state index contributed by atoms with van der Waals surface area (Å²) in [5.41, 5.74) is 0.321. The van der Waals surface area contributed by atoms with Crippen LogP contribution < -0.4 is 10.6 Å². The Labute approximate surface area is 127 Å². The van der Waals surface area contributed by atoms with Crippen molar-refractivity contribution < 1.29 is 4.79 Å². The molecule has 1 aliphatic heterocycles. The Morgan fingerprint density at radius 3 is 2.56 bits per heavy atom. The molecular formula is C11H15Cl3N2OS. The minimum absolute atomic E-state index is 0. The molecule has 0 aliphatic carbocycles. The summed E-state index contributed by atoms with van der Waals surface area (Å²) in [6.07, 6.45) is 1.85. The number of amides is 1. The number of hydrogen-bond acceptors (Lipinski definition) is 3. The highest BCUT2D eigenvalue weighted by Crippen LogP contribution is 2.31. The van der Waals surface area contributed by atoms with Gasteiger partial charge in [-0.3, -0.25) is 4.79 Å². The fraction of sp³-hybridized carbons (Fsp3) is 0.545. The molecule has 0 radical (unpaired) electrons. The first kappa shape index (κ1) is 16.1. The number of carbonyl (C=O) groups excluding carboxylic acids is 1. The number of hydrogen-bond donors (Lipinski definition) is 2. The van der Waals surface area contributed by atoms with Crippen LogP contribution in [-0.2, 0) is 0 Å². The minimum Gasteiger partial charge on any atom is -0.347 e. The lowest BCUT2D eigenvalue weighted by atomic mass is 9.90. The Morgan fingerprint density at radius 1 is 1.44 bits per heavy atom. The molecule has 1 fully saturated rings. The standard InChI is InChI=1S/C11H14Cl2N2OS.ClH/c1-11(2-4-14-5-3-11)15-10(16)7-6-8(12)17-9(7)13;/h6,14H,2-5H2,1H3,(H,15,16);1H. The second kappa shape index (κ2) is 6.44. The van der Waals surface area contributed by atoms with E-state index < -0.39 is 0 Å². The molecule has 1 aromatic heterocycles. The molecule has 2 N–H and O–H groups in total. The summed E-state index contributed by atoms with van der Waals surface area (Å²) >= 11 is 13.0. The van der Waals surface area contributed by atoms with E-state index in [1.165, 1.54) is 11.3 Å². The van der Waals surface area contributed by atoms with Crippen LogP contribution in [0.5, 0.6) is 0 Å². The second-order valence-electron chi connectivity index (χ2n) is 4.50. The molecule has 7 heteroatoms. The van der Waals surface area contributed by atoms with Crippen LogP contribution in [0.3, 0.4) is 0 Å². The van der Waals surface area contributed by atoms with E-state index in [1.54, 1.807) is 6.07 Å². The van der Waals surface area contributed by atoms with Crippen LogP contribution in [0.25, 0.3) is 0 Å². The van der Waals surface area contributed by atoms with Gasteiger partial charge < -0.3 is 10.6 Å². The van der Waals surface area contributed by atoms with Gasteiger partial charge in [0.2, 0.25) is 0 Å². The fourth-order valence-electron chi connectivity index (χ4n) is 1.94. The van der Waals surface area contributed by atoms with Gasteiger partial charge in [0.25, 0.3) is 5.91 Å². The molecule has 2 rings (SSSR count). The van der Waals surface area contributed by atoms with E-state index in [2.05, 4.69) is 17.6 Å². The van der Waals surface area contributed by atoms with Crippen molar-refractivity contribution in [2.75, 3.05) is 13.1 Å². The van der Waals surface area contributed by atoms with E-state index in [1.807, 2.05) is 0 Å². The van der Waals surface area contributed by atoms with Crippen molar-refractivity contribution in [2.45, 2.75) is 25.3 Å². The number of thiophene rings is 1. The maximum absolute atomic E-state index is 12.1. The minimum atomic E-state index is -0.153. The van der Waals surface area contributed by atoms with Crippen LogP contribution in [0.2, 0.25) is 8.67 Å². The van der Waals surface area contributed by atoms with Gasteiger partial charge in [-0.1, -0.05) is 23.2 Å². The summed E-state index contributed by atoms with van der Waals surface area (Å²) in [6, 6.07) is 1.62. The third kappa shape index (κ3) is 3.75. The van der Waals surface area contributed by atoms with E-state index in [-0.39, 0.29) is 23.9 Å². The Hall–Kier alpha value is -0.000000000000000167. The average Bonchev–Trinajstić information content (AvgIpc) is 2.58. The van der Waals surface area contributed by atoms with Crippen molar-refractivity contribution in [2.24, 2.45) is 0 Å². The Bertz CT molecular complexity index is 430. The molecule has 0 atom stereocenters. The number of halogens is 3. The van der Waals surface area contributed by atoms with E-state index >= 15 is 0 Å². The van der Waals surface area contributed by atoms with Crippen molar-refractivity contribution >= 4 is 52.9 Å². The van der Waals surface area contributed by atoms with Crippen molar-refractivity contribution in [1.82, 2.24) is 10.6 Å². The second-order valence-corrected chi connectivity index (χ2v) is 6.79. The molecule has 3 nitrogen and oxygen atoms in total. The van der Waals surface area contributed by atoms with Gasteiger partial charge in [-0.15, -0.1) is 23.7 Å². The Morgan fingerprint density at radius 2 is 2.06 bits per heavy atom. The first-order valence-corrected chi connectivity index (χ1v) is 7.05. The highest BCUT2D eigenvalue weighted by atomic mass is 35.5. The number of nitrogens with one attached hydrogen (secondary N) is 2. The fourth-order valence-corrected chi connectivity index (χ4v) is 3.40. The summed E-state index contributed by atoms with van der Waals surface area (Å²) in [4.78, 5) is 12.1. The van der Waals surface area contributed by atoms with Gasteiger partial charge in [-0.25, -0.2) is 0 Å². The summed E-state index contributed by atoms with van der Waals surface area (Å²) < 4.78 is 0.987. The van der Waals surface area contributed by atoms with Crippen molar-refractivity contribution in [1.29, 1.82) is 0 Å². The van der Waals surface area contributed by atoms with Gasteiger partial charge in [0, 0.05) is 5.54 Å². The van der Waals surface area contributed by atoms with Gasteiger partial charge in [-0.05, 0) is 38.9 Å². The molecule has 0 unspecified atom stereocenters. The molecule has 102 valence electrons. The quantitative estimate of drug-likeness (QED) is 0.873. The molecule has 0 aromatic carbocycles. The number of carbonyl (C=O) groups is 1. The summed E-state index contributed by atoms with van der Waals surface area (Å²) in [6.45, 7) is 3.91. The number of rotatable bonds is 2. The predicted molar refractivity (Wildman–Crippen MR) is 79.6 cm³/mol. The van der Waals surface area contributed by atoms with E-state index in [0.717, 1.165) is 25.9 Å². The topological polar surface area (TPSA) is 41.1 Å². The maximum Gasteiger partial charge on any atom is 0.254 e. The summed E-state index contributed by atoms with van der Waals surface area (Å²) in [7, 11) is 0. The SMILES string of the molecule is CC1(NC(=O)c2cc(Cl)sc2Cl)CCNCC1.Cl. The molecule has 0 saturated carbocycles. The van der Waals surface area contributed by atoms with Crippen LogP contribution >= 0.6 is 46.9 Å². The Kier molecular flexibility index (Phi) is 5.74. The predicted octanol–water partition coefficient (Wildman–Crippen LogP) is 3.35. The first-order valence-electron chi connectivity index (χ1n) is 5.48. The average molecular weight is 330 g/mol. The van der Waals surface area contributed by atoms with Crippen LogP contribution in [-0.4, -0.2) is 24.5 Å². The molecule has 18 heavy (non-hydrogen) atoms. The van der Waals surface area contributed by atoms with Gasteiger partial charge >= 0.3 is 0 Å². The van der Waals surface area contributed by atoms with Gasteiger partial charge in [0.15, 0.2) is 0 Å². The molecule has 1 amide bonds. The highest BCUT2D eigenvalue weighted by Gasteiger charge is 2.29. The Balaban J connectivity index is 0.00000162. The zero-order chi connectivity index (χ0) is 12.5. The summed E-state index contributed by atoms with van der Waals surface area (Å²) in [5.74, 6) is -0.137. The van der Waals surface area contributed by atoms with Crippen molar-refractivity contribution in [3.8, 4) is 0 Å². The molecule has 1 aliphatic rings.